The number of allylic oxidation sites excluding steroid dienone is 1. The van der Waals surface area contributed by atoms with E-state index in [4.69, 9.17) is 14.5 Å². The number of alkyl halides is 3. The first-order valence-electron chi connectivity index (χ1n) is 22.5. The minimum absolute atomic E-state index is 0.0319. The van der Waals surface area contributed by atoms with Gasteiger partial charge in [-0.05, 0) is 91.2 Å². The Kier molecular flexibility index (Phi) is 12.7. The van der Waals surface area contributed by atoms with Crippen LogP contribution in [0, 0.1) is 5.92 Å². The molecule has 3 saturated carbocycles. The van der Waals surface area contributed by atoms with Gasteiger partial charge in [0.1, 0.15) is 39.9 Å². The summed E-state index contributed by atoms with van der Waals surface area (Å²) in [7, 11) is -4.11. The Bertz CT molecular complexity index is 2480. The molecular formula is C45H56F3N7O8S2. The molecule has 3 aliphatic carbocycles. The Balaban J connectivity index is 1.13. The van der Waals surface area contributed by atoms with Crippen LogP contribution in [-0.2, 0) is 35.3 Å². The van der Waals surface area contributed by atoms with Crippen molar-refractivity contribution in [3.05, 3.63) is 47.1 Å². The molecule has 15 nitrogen and oxygen atoms in total. The van der Waals surface area contributed by atoms with Gasteiger partial charge in [-0.25, -0.2) is 28.2 Å². The fraction of sp³-hybridized carbons (Fsp3) is 0.622. The van der Waals surface area contributed by atoms with E-state index in [0.29, 0.717) is 55.0 Å². The third kappa shape index (κ3) is 10.1. The molecule has 4 heterocycles. The first kappa shape index (κ1) is 46.7. The largest absolute Gasteiger partial charge is 0.471 e. The van der Waals surface area contributed by atoms with E-state index in [1.165, 1.54) is 30.7 Å². The van der Waals surface area contributed by atoms with Crippen LogP contribution in [0.3, 0.4) is 0 Å². The standard InChI is InChI=1S/C45H56F3N7O8S2/c1-42(2,3)63-41(59)51-31-18-12-7-5-6-11-16-27-23-44(27,40(58)54-65(60,61)43(4)20-21-43)53-36(56)33-22-28(24-55(33)39(31)57)62-37-35(45(46,47)48)49-30-19-13-17-29(34(30)52-37)38-50-32(25-64-38)26-14-9-8-10-15-26/h11,13,16-17,19,25-28,31,33H,5-10,12,14-15,18,20-24H2,1-4H3,(H,51,59)(H,53,56)(H,54,58)/b16-11-/t27-,28-,31+,33+,44-/m1/s1. The van der Waals surface area contributed by atoms with Gasteiger partial charge < -0.3 is 25.0 Å². The van der Waals surface area contributed by atoms with E-state index in [1.54, 1.807) is 39.0 Å². The SMILES string of the molecule is CC(C)(C)OC(=O)N[C@H]1CCCCC/C=C\[C@@H]2C[C@@]2(C(=O)NS(=O)(=O)C2(C)CC2)NC(=O)[C@@H]2C[C@@H](Oc3nc4c(-c5nc(C6CCCCC6)cs5)cccc4nc3C(F)(F)F)CN2C1=O. The van der Waals surface area contributed by atoms with Gasteiger partial charge in [-0.3, -0.25) is 19.1 Å². The van der Waals surface area contributed by atoms with E-state index in [-0.39, 0.29) is 30.3 Å². The Morgan fingerprint density at radius 1 is 0.985 bits per heavy atom. The van der Waals surface area contributed by atoms with Crippen molar-refractivity contribution in [2.45, 2.75) is 164 Å². The van der Waals surface area contributed by atoms with Crippen LogP contribution in [0.2, 0.25) is 0 Å². The second-order valence-electron chi connectivity index (χ2n) is 19.4. The van der Waals surface area contributed by atoms with E-state index >= 15 is 0 Å². The zero-order valence-corrected chi connectivity index (χ0v) is 38.6. The second kappa shape index (κ2) is 17.8. The molecule has 20 heteroatoms. The number of alkyl carbamates (subject to hydrolysis) is 1. The van der Waals surface area contributed by atoms with Gasteiger partial charge in [0.15, 0.2) is 0 Å². The van der Waals surface area contributed by atoms with Gasteiger partial charge in [0.2, 0.25) is 33.4 Å². The first-order valence-corrected chi connectivity index (χ1v) is 24.9. The molecule has 0 unspecified atom stereocenters. The number of hydrogen-bond donors (Lipinski definition) is 3. The molecule has 0 radical (unpaired) electrons. The minimum atomic E-state index is -5.02. The number of ether oxygens (including phenoxy) is 2. The number of para-hydroxylation sites is 1. The van der Waals surface area contributed by atoms with Crippen LogP contribution in [0.25, 0.3) is 21.6 Å². The number of carbonyl (C=O) groups is 4. The van der Waals surface area contributed by atoms with Crippen LogP contribution in [0.5, 0.6) is 5.88 Å². The van der Waals surface area contributed by atoms with Crippen LogP contribution in [0.1, 0.15) is 135 Å². The highest BCUT2D eigenvalue weighted by atomic mass is 32.2. The van der Waals surface area contributed by atoms with Crippen molar-refractivity contribution in [2.75, 3.05) is 6.54 Å². The monoisotopic (exact) mass is 943 g/mol. The fourth-order valence-electron chi connectivity index (χ4n) is 9.05. The summed E-state index contributed by atoms with van der Waals surface area (Å²) in [5.74, 6) is -3.62. The number of aromatic nitrogens is 3. The number of thiazole rings is 1. The summed E-state index contributed by atoms with van der Waals surface area (Å²) in [5, 5.41) is 7.96. The molecule has 8 rings (SSSR count). The zero-order valence-electron chi connectivity index (χ0n) is 37.0. The first-order chi connectivity index (χ1) is 30.7. The molecular weight excluding hydrogens is 888 g/mol. The number of nitrogens with one attached hydrogen (secondary N) is 3. The maximum atomic E-state index is 14.9. The smallest absolute Gasteiger partial charge is 0.438 e. The van der Waals surface area contributed by atoms with E-state index in [2.05, 4.69) is 25.3 Å². The molecule has 1 aromatic carbocycles. The summed E-state index contributed by atoms with van der Waals surface area (Å²) >= 11 is 1.37. The molecule has 2 aliphatic heterocycles. The van der Waals surface area contributed by atoms with Gasteiger partial charge in [-0.1, -0.05) is 50.3 Å². The topological polar surface area (TPSA) is 199 Å². The maximum absolute atomic E-state index is 14.9. The molecule has 0 bridgehead atoms. The number of benzene rings is 1. The lowest BCUT2D eigenvalue weighted by molar-refractivity contribution is -0.143. The van der Waals surface area contributed by atoms with Gasteiger partial charge in [0, 0.05) is 29.2 Å². The normalized spacial score (nSPS) is 27.0. The average Bonchev–Trinajstić information content (AvgIpc) is 4.02. The van der Waals surface area contributed by atoms with Gasteiger partial charge >= 0.3 is 12.3 Å². The van der Waals surface area contributed by atoms with E-state index in [9.17, 15) is 40.8 Å². The molecule has 4 amide bonds. The Labute approximate surface area is 380 Å². The summed E-state index contributed by atoms with van der Waals surface area (Å²) in [6, 6.07) is 2.10. The van der Waals surface area contributed by atoms with Gasteiger partial charge in [0.25, 0.3) is 5.91 Å². The number of fused-ring (bicyclic) bond motifs is 3. The Hall–Kier alpha value is -4.85. The van der Waals surface area contributed by atoms with Crippen LogP contribution in [0.4, 0.5) is 18.0 Å². The van der Waals surface area contributed by atoms with Crippen molar-refractivity contribution >= 4 is 56.2 Å². The highest BCUT2D eigenvalue weighted by molar-refractivity contribution is 7.91. The highest BCUT2D eigenvalue weighted by Gasteiger charge is 2.63. The average molecular weight is 944 g/mol. The lowest BCUT2D eigenvalue weighted by Gasteiger charge is -2.30. The molecule has 3 aromatic rings. The predicted molar refractivity (Wildman–Crippen MR) is 235 cm³/mol. The van der Waals surface area contributed by atoms with Crippen molar-refractivity contribution in [2.24, 2.45) is 5.92 Å². The molecule has 352 valence electrons. The number of halogens is 3. The zero-order chi connectivity index (χ0) is 46.5. The lowest BCUT2D eigenvalue weighted by Crippen LogP contribution is -2.58. The second-order valence-corrected chi connectivity index (χ2v) is 22.4. The molecule has 65 heavy (non-hydrogen) atoms. The molecule has 1 saturated heterocycles. The molecule has 0 spiro atoms. The number of sulfonamides is 1. The quantitative estimate of drug-likeness (QED) is 0.190. The molecule has 5 atom stereocenters. The van der Waals surface area contributed by atoms with Gasteiger partial charge in [0.05, 0.1) is 22.5 Å². The molecule has 3 N–H and O–H groups in total. The van der Waals surface area contributed by atoms with Crippen molar-refractivity contribution in [1.82, 2.24) is 35.2 Å². The molecule has 2 aromatic heterocycles. The number of carbonyl (C=O) groups excluding carboxylic acids is 4. The number of hydrogen-bond acceptors (Lipinski definition) is 12. The van der Waals surface area contributed by atoms with Crippen LogP contribution < -0.4 is 20.1 Å². The van der Waals surface area contributed by atoms with Crippen LogP contribution in [-0.4, -0.2) is 92.7 Å². The molecule has 5 aliphatic rings. The number of rotatable bonds is 8. The van der Waals surface area contributed by atoms with E-state index < -0.39 is 98.1 Å². The third-order valence-corrected chi connectivity index (χ3v) is 16.2. The summed E-state index contributed by atoms with van der Waals surface area (Å²) in [6.07, 6.45) is 4.91. The maximum Gasteiger partial charge on any atom is 0.438 e. The Morgan fingerprint density at radius 3 is 2.42 bits per heavy atom. The van der Waals surface area contributed by atoms with Crippen molar-refractivity contribution < 1.29 is 50.2 Å². The van der Waals surface area contributed by atoms with E-state index in [1.807, 2.05) is 11.5 Å². The van der Waals surface area contributed by atoms with Crippen molar-refractivity contribution in [3.63, 3.8) is 0 Å². The number of nitrogens with zero attached hydrogens (tertiary/aromatic N) is 4. The highest BCUT2D eigenvalue weighted by Crippen LogP contribution is 2.48. The summed E-state index contributed by atoms with van der Waals surface area (Å²) in [6.45, 7) is 6.10. The summed E-state index contributed by atoms with van der Waals surface area (Å²) in [5.41, 5.74) is -2.51. The minimum Gasteiger partial charge on any atom is -0.471 e. The Morgan fingerprint density at radius 2 is 1.71 bits per heavy atom. The number of amides is 4. The van der Waals surface area contributed by atoms with Crippen LogP contribution >= 0.6 is 11.3 Å². The van der Waals surface area contributed by atoms with Crippen LogP contribution in [0.15, 0.2) is 35.7 Å². The summed E-state index contributed by atoms with van der Waals surface area (Å²) < 4.78 is 83.7. The van der Waals surface area contributed by atoms with E-state index in [0.717, 1.165) is 36.3 Å². The summed E-state index contributed by atoms with van der Waals surface area (Å²) in [4.78, 5) is 70.8. The third-order valence-electron chi connectivity index (χ3n) is 13.2. The fourth-order valence-corrected chi connectivity index (χ4v) is 11.3. The van der Waals surface area contributed by atoms with Crippen molar-refractivity contribution in [3.8, 4) is 16.5 Å². The lowest BCUT2D eigenvalue weighted by atomic mass is 9.87. The predicted octanol–water partition coefficient (Wildman–Crippen LogP) is 7.46. The van der Waals surface area contributed by atoms with Crippen molar-refractivity contribution in [1.29, 1.82) is 0 Å². The molecule has 4 fully saturated rings. The van der Waals surface area contributed by atoms with Gasteiger partial charge in [-0.15, -0.1) is 11.3 Å². The van der Waals surface area contributed by atoms with Gasteiger partial charge in [-0.2, -0.15) is 13.2 Å².